The van der Waals surface area contributed by atoms with Crippen LogP contribution in [0.4, 0.5) is 5.69 Å². The lowest BCUT2D eigenvalue weighted by atomic mass is 9.78. The number of benzene rings is 3. The summed E-state index contributed by atoms with van der Waals surface area (Å²) in [5.74, 6) is -8.46. The first kappa shape index (κ1) is 50.5. The predicted octanol–water partition coefficient (Wildman–Crippen LogP) is 6.68. The normalized spacial score (nSPS) is 30.1. The van der Waals surface area contributed by atoms with Crippen LogP contribution in [0.25, 0.3) is 10.8 Å². The molecule has 3 aromatic carbocycles. The number of fused-ring (bicyclic) bond motifs is 14. The molecule has 4 aliphatic rings. The molecule has 0 radical (unpaired) electrons. The smallest absolute Gasteiger partial charge is 0.312 e. The number of esters is 1. The monoisotopic (exact) mass is 926 g/mol. The molecule has 11 atom stereocenters. The molecule has 0 aliphatic carbocycles. The van der Waals surface area contributed by atoms with Crippen molar-refractivity contribution in [2.75, 3.05) is 25.5 Å². The minimum atomic E-state index is -2.07. The van der Waals surface area contributed by atoms with Crippen molar-refractivity contribution in [3.63, 3.8) is 0 Å². The van der Waals surface area contributed by atoms with Crippen molar-refractivity contribution >= 4 is 40.3 Å². The highest BCUT2D eigenvalue weighted by Crippen LogP contribution is 2.55. The highest BCUT2D eigenvalue weighted by atomic mass is 16.7. The number of aliphatic hydroxyl groups is 2. The zero-order chi connectivity index (χ0) is 49.2. The Morgan fingerprint density at radius 2 is 1.57 bits per heavy atom. The van der Waals surface area contributed by atoms with E-state index < -0.39 is 88.8 Å². The molecule has 67 heavy (non-hydrogen) atoms. The van der Waals surface area contributed by atoms with Crippen molar-refractivity contribution in [1.29, 1.82) is 0 Å². The average molecular weight is 927 g/mol. The highest BCUT2D eigenvalue weighted by Gasteiger charge is 2.50. The van der Waals surface area contributed by atoms with Crippen LogP contribution in [0.2, 0.25) is 0 Å². The first-order valence-corrected chi connectivity index (χ1v) is 22.8. The number of carbonyl (C=O) groups excluding carboxylic acids is 3. The molecule has 1 fully saturated rings. The number of aromatic hydroxyl groups is 3. The van der Waals surface area contributed by atoms with Gasteiger partial charge in [0.05, 0.1) is 65.1 Å². The van der Waals surface area contributed by atoms with E-state index in [9.17, 15) is 39.9 Å². The van der Waals surface area contributed by atoms with Crippen LogP contribution in [-0.2, 0) is 30.3 Å². The molecule has 3 aromatic rings. The van der Waals surface area contributed by atoms with Gasteiger partial charge >= 0.3 is 11.8 Å². The first-order chi connectivity index (χ1) is 31.6. The molecule has 7 rings (SSSR count). The van der Waals surface area contributed by atoms with E-state index in [2.05, 4.69) is 22.3 Å². The number of amides is 1. The Morgan fingerprint density at radius 1 is 0.910 bits per heavy atom. The van der Waals surface area contributed by atoms with Crippen LogP contribution in [0.3, 0.4) is 0 Å². The van der Waals surface area contributed by atoms with E-state index in [0.29, 0.717) is 13.1 Å². The summed E-state index contributed by atoms with van der Waals surface area (Å²) < 4.78 is 23.8. The number of rotatable bonds is 6. The van der Waals surface area contributed by atoms with Crippen molar-refractivity contribution < 1.29 is 58.9 Å². The summed E-state index contributed by atoms with van der Waals surface area (Å²) in [4.78, 5) is 43.4. The van der Waals surface area contributed by atoms with Crippen LogP contribution in [0.5, 0.6) is 23.0 Å². The van der Waals surface area contributed by atoms with Crippen LogP contribution in [-0.4, -0.2) is 122 Å². The first-order valence-electron chi connectivity index (χ1n) is 22.8. The van der Waals surface area contributed by atoms with Crippen LogP contribution in [0.1, 0.15) is 89.4 Å². The maximum atomic E-state index is 14.6. The van der Waals surface area contributed by atoms with E-state index in [4.69, 9.17) is 24.0 Å². The zero-order valence-corrected chi connectivity index (χ0v) is 40.2. The van der Waals surface area contributed by atoms with E-state index in [1.165, 1.54) is 65.0 Å². The number of hydrazone groups is 1. The maximum absolute atomic E-state index is 14.6. The Labute approximate surface area is 392 Å². The number of phenolic OH excluding ortho intramolecular Hbond substituents is 3. The highest BCUT2D eigenvalue weighted by molar-refractivity contribution is 6.23. The number of nitrogens with zero attached hydrogens (tertiary/aromatic N) is 3. The van der Waals surface area contributed by atoms with Gasteiger partial charge < -0.3 is 49.8 Å². The largest absolute Gasteiger partial charge is 0.507 e. The molecule has 5 bridgehead atoms. The number of ketones is 1. The van der Waals surface area contributed by atoms with Crippen LogP contribution >= 0.6 is 0 Å². The summed E-state index contributed by atoms with van der Waals surface area (Å²) in [7, 11) is 1.44. The summed E-state index contributed by atoms with van der Waals surface area (Å²) in [6, 6.07) is 9.93. The van der Waals surface area contributed by atoms with Gasteiger partial charge in [0.1, 0.15) is 23.4 Å². The number of ether oxygens (including phenoxy) is 4. The van der Waals surface area contributed by atoms with E-state index in [0.717, 1.165) is 6.54 Å². The summed E-state index contributed by atoms with van der Waals surface area (Å²) in [6.07, 6.45) is 4.88. The van der Waals surface area contributed by atoms with Gasteiger partial charge in [0.15, 0.2) is 5.75 Å². The topological polar surface area (TPSA) is 220 Å². The molecule has 0 spiro atoms. The van der Waals surface area contributed by atoms with Gasteiger partial charge in [-0.05, 0) is 39.3 Å². The Bertz CT molecular complexity index is 2460. The number of phenols is 3. The standard InChI is InChI=1S/C51H66N4O12/c1-26-16-15-17-27(2)50(63)53-41-36(22-52-55-28(3)23-54(24-29(55)4)25-35-18-13-12-14-19-35)45(60)38-39(46(41)61)44(59)33(8)48-40(38)49(62)51(10,67-48)65-21-20-37(64-11)30(5)47(66-34(9)56)32(7)43(58)31(6)42(26)57/h12-22,26,28-32,37,42-43,47,57-61H,23-25H2,1-11H3,(H,53,63)/b16-15?,21-20?,27-17?,52-22+. The molecule has 16 heteroatoms. The lowest BCUT2D eigenvalue weighted by Crippen LogP contribution is -2.54. The van der Waals surface area contributed by atoms with Gasteiger partial charge in [-0.2, -0.15) is 5.10 Å². The van der Waals surface area contributed by atoms with Crippen molar-refractivity contribution in [2.24, 2.45) is 28.8 Å². The number of nitrogens with one attached hydrogen (secondary N) is 1. The number of anilines is 1. The van der Waals surface area contributed by atoms with Gasteiger partial charge in [-0.1, -0.05) is 76.3 Å². The number of aliphatic hydroxyl groups excluding tert-OH is 2. The summed E-state index contributed by atoms with van der Waals surface area (Å²) >= 11 is 0. The van der Waals surface area contributed by atoms with Gasteiger partial charge in [-0.25, -0.2) is 0 Å². The van der Waals surface area contributed by atoms with Gasteiger partial charge in [-0.15, -0.1) is 0 Å². The zero-order valence-electron chi connectivity index (χ0n) is 40.2. The number of hydrogen-bond donors (Lipinski definition) is 6. The fourth-order valence-corrected chi connectivity index (χ4v) is 9.62. The number of piperazine rings is 1. The molecule has 6 N–H and O–H groups in total. The molecular weight excluding hydrogens is 861 g/mol. The maximum Gasteiger partial charge on any atom is 0.312 e. The molecule has 16 nitrogen and oxygen atoms in total. The molecular formula is C51H66N4O12. The second-order valence-corrected chi connectivity index (χ2v) is 18.6. The predicted molar refractivity (Wildman–Crippen MR) is 254 cm³/mol. The summed E-state index contributed by atoms with van der Waals surface area (Å²) in [5.41, 5.74) is 0.785. The quantitative estimate of drug-likeness (QED) is 0.0658. The average Bonchev–Trinajstić information content (AvgIpc) is 3.55. The fourth-order valence-electron chi connectivity index (χ4n) is 9.62. The molecule has 1 amide bonds. The van der Waals surface area contributed by atoms with Crippen molar-refractivity contribution in [2.45, 2.75) is 118 Å². The Balaban J connectivity index is 1.49. The van der Waals surface area contributed by atoms with Crippen LogP contribution < -0.4 is 10.1 Å². The molecule has 4 aliphatic heterocycles. The van der Waals surface area contributed by atoms with E-state index in [1.54, 1.807) is 39.8 Å². The minimum Gasteiger partial charge on any atom is -0.507 e. The minimum absolute atomic E-state index is 0.0500. The Hall–Kier alpha value is -5.94. The number of hydrogen-bond acceptors (Lipinski definition) is 15. The van der Waals surface area contributed by atoms with E-state index in [-0.39, 0.29) is 56.6 Å². The lowest BCUT2D eigenvalue weighted by molar-refractivity contribution is -0.160. The van der Waals surface area contributed by atoms with E-state index in [1.807, 2.05) is 37.1 Å². The van der Waals surface area contributed by atoms with Gasteiger partial charge in [0.25, 0.3) is 11.7 Å². The lowest BCUT2D eigenvalue weighted by Gasteiger charge is -2.42. The molecule has 1 saturated heterocycles. The molecule has 4 heterocycles. The number of carbonyl (C=O) groups is 3. The van der Waals surface area contributed by atoms with Crippen molar-refractivity contribution in [3.8, 4) is 23.0 Å². The Kier molecular flexibility index (Phi) is 15.5. The van der Waals surface area contributed by atoms with Crippen LogP contribution in [0.15, 0.2) is 71.6 Å². The molecule has 362 valence electrons. The molecule has 0 aromatic heterocycles. The molecule has 11 unspecified atom stereocenters. The second-order valence-electron chi connectivity index (χ2n) is 18.6. The number of allylic oxidation sites excluding steroid dienone is 2. The second kappa shape index (κ2) is 20.5. The van der Waals surface area contributed by atoms with Gasteiger partial charge in [0, 0.05) is 80.8 Å². The van der Waals surface area contributed by atoms with Gasteiger partial charge in [-0.3, -0.25) is 24.3 Å². The number of methoxy groups -OCH3 is 1. The van der Waals surface area contributed by atoms with Crippen molar-refractivity contribution in [3.05, 3.63) is 88.7 Å². The van der Waals surface area contributed by atoms with E-state index >= 15 is 0 Å². The third kappa shape index (κ3) is 10.2. The third-order valence-corrected chi connectivity index (χ3v) is 13.6. The third-order valence-electron chi connectivity index (χ3n) is 13.6. The Morgan fingerprint density at radius 3 is 2.19 bits per heavy atom. The molecule has 0 saturated carbocycles. The summed E-state index contributed by atoms with van der Waals surface area (Å²) in [6.45, 7) is 18.7. The number of Topliss-reactive ketones (excluding diaryl/α,β-unsaturated/α-hetero) is 1. The SMILES string of the molecule is COC1C=COC2(C)Oc3c(C)c(O)c4c(O)c(c(/C=N/N5C(C)CN(Cc6ccccc6)CC5C)c(O)c4c3C2=O)NC(=O)C(C)=CC=CC(C)C(O)C(C)C(O)C(C)C(OC(C)=O)C1C. The van der Waals surface area contributed by atoms with Crippen molar-refractivity contribution in [1.82, 2.24) is 9.91 Å². The fraction of sp³-hybridized carbons (Fsp3) is 0.490. The van der Waals surface area contributed by atoms with Crippen LogP contribution in [0, 0.1) is 30.6 Å². The summed E-state index contributed by atoms with van der Waals surface area (Å²) in [5, 5.41) is 68.1. The van der Waals surface area contributed by atoms with Gasteiger partial charge in [0.2, 0.25) is 0 Å².